The molecular weight excluding hydrogens is 391 g/mol. The van der Waals surface area contributed by atoms with Gasteiger partial charge in [0.2, 0.25) is 0 Å². The molecule has 1 aliphatic rings. The Kier molecular flexibility index (Phi) is 10.2. The average molecular weight is 418 g/mol. The zero-order chi connectivity index (χ0) is 14.8. The molecule has 6 heteroatoms. The summed E-state index contributed by atoms with van der Waals surface area (Å²) in [6.45, 7) is 6.45. The molecule has 1 aromatic carbocycles. The van der Waals surface area contributed by atoms with Gasteiger partial charge in [-0.15, -0.1) is 24.0 Å². The average Bonchev–Trinajstić information content (AvgIpc) is 2.54. The molecule has 124 valence electrons. The first-order valence-electron chi connectivity index (χ1n) is 7.72. The Morgan fingerprint density at radius 1 is 1.23 bits per heavy atom. The third kappa shape index (κ3) is 7.95. The highest BCUT2D eigenvalue weighted by atomic mass is 127. The Morgan fingerprint density at radius 3 is 2.68 bits per heavy atom. The second-order valence-electron chi connectivity index (χ2n) is 5.24. The molecule has 0 aromatic heterocycles. The zero-order valence-electron chi connectivity index (χ0n) is 13.0. The number of nitrogens with one attached hydrogen (secondary N) is 1. The second kappa shape index (κ2) is 11.7. The van der Waals surface area contributed by atoms with Crippen LogP contribution in [0.15, 0.2) is 35.3 Å². The third-order valence-electron chi connectivity index (χ3n) is 3.58. The van der Waals surface area contributed by atoms with Crippen molar-refractivity contribution in [1.82, 2.24) is 10.2 Å². The maximum absolute atomic E-state index is 5.86. The van der Waals surface area contributed by atoms with Crippen molar-refractivity contribution < 1.29 is 4.74 Å². The molecule has 0 unspecified atom stereocenters. The minimum atomic E-state index is 0. The van der Waals surface area contributed by atoms with Gasteiger partial charge >= 0.3 is 0 Å². The molecule has 0 atom stereocenters. The summed E-state index contributed by atoms with van der Waals surface area (Å²) in [6.07, 6.45) is 2.01. The Bertz CT molecular complexity index is 421. The molecule has 0 bridgehead atoms. The van der Waals surface area contributed by atoms with E-state index in [2.05, 4.69) is 39.5 Å². The van der Waals surface area contributed by atoms with Crippen LogP contribution in [0.5, 0.6) is 0 Å². The van der Waals surface area contributed by atoms with Gasteiger partial charge in [-0.2, -0.15) is 0 Å². The van der Waals surface area contributed by atoms with Crippen LogP contribution in [0.2, 0.25) is 0 Å². The maximum Gasteiger partial charge on any atom is 0.188 e. The number of hydrogen-bond acceptors (Lipinski definition) is 3. The molecule has 0 spiro atoms. The summed E-state index contributed by atoms with van der Waals surface area (Å²) in [4.78, 5) is 6.78. The molecule has 0 aliphatic carbocycles. The number of guanidine groups is 1. The van der Waals surface area contributed by atoms with Crippen molar-refractivity contribution in [2.45, 2.75) is 12.8 Å². The van der Waals surface area contributed by atoms with Gasteiger partial charge < -0.3 is 15.8 Å². The predicted molar refractivity (Wildman–Crippen MR) is 102 cm³/mol. The first-order chi connectivity index (χ1) is 10.3. The van der Waals surface area contributed by atoms with Crippen molar-refractivity contribution in [3.8, 4) is 0 Å². The van der Waals surface area contributed by atoms with Gasteiger partial charge in [0.25, 0.3) is 0 Å². The molecule has 0 amide bonds. The van der Waals surface area contributed by atoms with Gasteiger partial charge in [-0.05, 0) is 18.4 Å². The Hall–Kier alpha value is -0.860. The monoisotopic (exact) mass is 418 g/mol. The Labute approximate surface area is 150 Å². The molecule has 1 heterocycles. The minimum Gasteiger partial charge on any atom is -0.379 e. The van der Waals surface area contributed by atoms with Crippen LogP contribution in [0.1, 0.15) is 12.0 Å². The smallest absolute Gasteiger partial charge is 0.188 e. The molecule has 22 heavy (non-hydrogen) atoms. The van der Waals surface area contributed by atoms with Gasteiger partial charge in [0, 0.05) is 32.7 Å². The van der Waals surface area contributed by atoms with E-state index in [1.165, 1.54) is 5.56 Å². The molecular formula is C16H27IN4O. The van der Waals surface area contributed by atoms with Crippen LogP contribution in [0, 0.1) is 0 Å². The summed E-state index contributed by atoms with van der Waals surface area (Å²) < 4.78 is 5.33. The van der Waals surface area contributed by atoms with Crippen LogP contribution in [0.3, 0.4) is 0 Å². The molecule has 5 nitrogen and oxygen atoms in total. The molecule has 1 aromatic rings. The zero-order valence-corrected chi connectivity index (χ0v) is 15.4. The SMILES string of the molecule is I.NC(=NCCCN1CCOCC1)NCCc1ccccc1. The first kappa shape index (κ1) is 19.2. The highest BCUT2D eigenvalue weighted by Crippen LogP contribution is 1.99. The van der Waals surface area contributed by atoms with Gasteiger partial charge in [0.15, 0.2) is 5.96 Å². The van der Waals surface area contributed by atoms with E-state index in [4.69, 9.17) is 10.5 Å². The number of aliphatic imine (C=N–C) groups is 1. The standard InChI is InChI=1S/C16H26N4O.HI/c17-16(19-9-7-15-5-2-1-3-6-15)18-8-4-10-20-11-13-21-14-12-20;/h1-3,5-6H,4,7-14H2,(H3,17,18,19);1H. The van der Waals surface area contributed by atoms with Crippen molar-refractivity contribution in [2.24, 2.45) is 10.7 Å². The number of hydrogen-bond donors (Lipinski definition) is 2. The van der Waals surface area contributed by atoms with E-state index in [-0.39, 0.29) is 24.0 Å². The van der Waals surface area contributed by atoms with Crippen LogP contribution in [-0.4, -0.2) is 56.8 Å². The normalized spacial score (nSPS) is 16.1. The molecule has 2 rings (SSSR count). The number of rotatable bonds is 7. The van der Waals surface area contributed by atoms with Crippen molar-refractivity contribution in [2.75, 3.05) is 45.9 Å². The molecule has 3 N–H and O–H groups in total. The second-order valence-corrected chi connectivity index (χ2v) is 5.24. The Morgan fingerprint density at radius 2 is 1.95 bits per heavy atom. The third-order valence-corrected chi connectivity index (χ3v) is 3.58. The Balaban J connectivity index is 0.00000242. The fourth-order valence-corrected chi connectivity index (χ4v) is 2.35. The number of nitrogens with zero attached hydrogens (tertiary/aromatic N) is 2. The predicted octanol–water partition coefficient (Wildman–Crippen LogP) is 1.47. The van der Waals surface area contributed by atoms with E-state index < -0.39 is 0 Å². The highest BCUT2D eigenvalue weighted by Gasteiger charge is 2.08. The van der Waals surface area contributed by atoms with E-state index in [1.807, 2.05) is 6.07 Å². The summed E-state index contributed by atoms with van der Waals surface area (Å²) in [5.74, 6) is 0.549. The molecule has 0 saturated carbocycles. The van der Waals surface area contributed by atoms with Crippen molar-refractivity contribution in [3.63, 3.8) is 0 Å². The first-order valence-corrected chi connectivity index (χ1v) is 7.72. The van der Waals surface area contributed by atoms with E-state index >= 15 is 0 Å². The van der Waals surface area contributed by atoms with Crippen LogP contribution in [0.25, 0.3) is 0 Å². The molecule has 1 saturated heterocycles. The van der Waals surface area contributed by atoms with E-state index in [0.717, 1.165) is 58.8 Å². The van der Waals surface area contributed by atoms with Gasteiger partial charge in [-0.25, -0.2) is 0 Å². The fraction of sp³-hybridized carbons (Fsp3) is 0.562. The summed E-state index contributed by atoms with van der Waals surface area (Å²) in [6, 6.07) is 10.4. The maximum atomic E-state index is 5.86. The topological polar surface area (TPSA) is 62.9 Å². The summed E-state index contributed by atoms with van der Waals surface area (Å²) in [5, 5.41) is 3.16. The summed E-state index contributed by atoms with van der Waals surface area (Å²) in [5.41, 5.74) is 7.17. The number of benzene rings is 1. The van der Waals surface area contributed by atoms with Gasteiger partial charge in [0.05, 0.1) is 13.2 Å². The van der Waals surface area contributed by atoms with Gasteiger partial charge in [-0.3, -0.25) is 9.89 Å². The van der Waals surface area contributed by atoms with E-state index in [1.54, 1.807) is 0 Å². The number of morpholine rings is 1. The molecule has 1 aliphatic heterocycles. The van der Waals surface area contributed by atoms with Crippen molar-refractivity contribution in [3.05, 3.63) is 35.9 Å². The number of nitrogens with two attached hydrogens (primary N) is 1. The van der Waals surface area contributed by atoms with Crippen LogP contribution in [-0.2, 0) is 11.2 Å². The fourth-order valence-electron chi connectivity index (χ4n) is 2.35. The lowest BCUT2D eigenvalue weighted by Crippen LogP contribution is -2.37. The van der Waals surface area contributed by atoms with Crippen molar-refractivity contribution in [1.29, 1.82) is 0 Å². The van der Waals surface area contributed by atoms with Crippen LogP contribution in [0.4, 0.5) is 0 Å². The van der Waals surface area contributed by atoms with E-state index in [0.29, 0.717) is 5.96 Å². The van der Waals surface area contributed by atoms with Gasteiger partial charge in [-0.1, -0.05) is 30.3 Å². The van der Waals surface area contributed by atoms with Crippen LogP contribution < -0.4 is 11.1 Å². The summed E-state index contributed by atoms with van der Waals surface area (Å²) >= 11 is 0. The minimum absolute atomic E-state index is 0. The van der Waals surface area contributed by atoms with Crippen molar-refractivity contribution >= 4 is 29.9 Å². The largest absolute Gasteiger partial charge is 0.379 e. The molecule has 1 fully saturated rings. The quantitative estimate of drug-likeness (QED) is 0.305. The van der Waals surface area contributed by atoms with Gasteiger partial charge in [0.1, 0.15) is 0 Å². The lowest BCUT2D eigenvalue weighted by atomic mass is 10.1. The number of halogens is 1. The van der Waals surface area contributed by atoms with Crippen LogP contribution >= 0.6 is 24.0 Å². The number of ether oxygens (including phenoxy) is 1. The summed E-state index contributed by atoms with van der Waals surface area (Å²) in [7, 11) is 0. The lowest BCUT2D eigenvalue weighted by Gasteiger charge is -2.26. The highest BCUT2D eigenvalue weighted by molar-refractivity contribution is 14.0. The van der Waals surface area contributed by atoms with E-state index in [9.17, 15) is 0 Å². The molecule has 0 radical (unpaired) electrons. The lowest BCUT2D eigenvalue weighted by molar-refractivity contribution is 0.0377.